The van der Waals surface area contributed by atoms with Crippen molar-refractivity contribution >= 4 is 38.9 Å². The number of carbonyl (C=O) groups excluding carboxylic acids is 1. The summed E-state index contributed by atoms with van der Waals surface area (Å²) in [5.74, 6) is -1.26. The van der Waals surface area contributed by atoms with E-state index in [0.29, 0.717) is 30.1 Å². The number of carbonyl (C=O) groups is 1. The van der Waals surface area contributed by atoms with Gasteiger partial charge in [0.15, 0.2) is 0 Å². The van der Waals surface area contributed by atoms with E-state index in [-0.39, 0.29) is 16.6 Å². The van der Waals surface area contributed by atoms with Crippen LogP contribution in [0.4, 0.5) is 4.39 Å². The summed E-state index contributed by atoms with van der Waals surface area (Å²) in [6.45, 7) is 0.604. The van der Waals surface area contributed by atoms with Gasteiger partial charge in [-0.05, 0) is 36.4 Å². The molecule has 5 nitrogen and oxygen atoms in total. The molecule has 2 aromatic rings. The van der Waals surface area contributed by atoms with E-state index >= 15 is 0 Å². The molecule has 25 heavy (non-hydrogen) atoms. The van der Waals surface area contributed by atoms with Crippen molar-refractivity contribution < 1.29 is 17.6 Å². The summed E-state index contributed by atoms with van der Waals surface area (Å²) in [6.07, 6.45) is 0.921. The molecule has 1 fully saturated rings. The quantitative estimate of drug-likeness (QED) is 0.854. The van der Waals surface area contributed by atoms with Crippen molar-refractivity contribution in [3.05, 3.63) is 52.1 Å². The van der Waals surface area contributed by atoms with Gasteiger partial charge in [0.25, 0.3) is 15.9 Å². The van der Waals surface area contributed by atoms with Crippen LogP contribution in [0.2, 0.25) is 5.02 Å². The second kappa shape index (κ2) is 7.41. The van der Waals surface area contributed by atoms with E-state index in [1.807, 2.05) is 0 Å². The molecular weight excluding hydrogens is 387 g/mol. The third-order valence-corrected chi connectivity index (χ3v) is 7.65. The minimum Gasteiger partial charge on any atom is -0.349 e. The number of hydrogen-bond acceptors (Lipinski definition) is 4. The van der Waals surface area contributed by atoms with E-state index < -0.39 is 21.7 Å². The summed E-state index contributed by atoms with van der Waals surface area (Å²) >= 11 is 7.07. The van der Waals surface area contributed by atoms with Gasteiger partial charge in [-0.1, -0.05) is 23.7 Å². The lowest BCUT2D eigenvalue weighted by atomic mass is 10.1. The van der Waals surface area contributed by atoms with Gasteiger partial charge in [-0.2, -0.15) is 4.31 Å². The van der Waals surface area contributed by atoms with E-state index in [0.717, 1.165) is 0 Å². The molecule has 1 aromatic heterocycles. The monoisotopic (exact) mass is 402 g/mol. The van der Waals surface area contributed by atoms with E-state index in [2.05, 4.69) is 5.32 Å². The SMILES string of the molecule is O=C(NC1CCN(S(=O)(=O)c2cccs2)CC1)c1c(F)cccc1Cl. The highest BCUT2D eigenvalue weighted by atomic mass is 35.5. The molecule has 0 radical (unpaired) electrons. The minimum absolute atomic E-state index is 0.0511. The number of halogens is 2. The molecule has 0 unspecified atom stereocenters. The highest BCUT2D eigenvalue weighted by Gasteiger charge is 2.31. The summed E-state index contributed by atoms with van der Waals surface area (Å²) in [6, 6.07) is 7.12. The Kier molecular flexibility index (Phi) is 5.43. The maximum atomic E-state index is 13.8. The fraction of sp³-hybridized carbons (Fsp3) is 0.312. The molecule has 3 rings (SSSR count). The zero-order chi connectivity index (χ0) is 18.0. The lowest BCUT2D eigenvalue weighted by molar-refractivity contribution is 0.0920. The molecule has 0 bridgehead atoms. The molecule has 0 spiro atoms. The summed E-state index contributed by atoms with van der Waals surface area (Å²) in [5.41, 5.74) is -0.183. The third kappa shape index (κ3) is 3.87. The normalized spacial score (nSPS) is 16.7. The predicted molar refractivity (Wildman–Crippen MR) is 95.0 cm³/mol. The summed E-state index contributed by atoms with van der Waals surface area (Å²) in [5, 5.41) is 4.51. The maximum absolute atomic E-state index is 13.8. The molecular formula is C16H16ClFN2O3S2. The number of benzene rings is 1. The number of nitrogens with zero attached hydrogens (tertiary/aromatic N) is 1. The lowest BCUT2D eigenvalue weighted by Crippen LogP contribution is -2.46. The number of piperidine rings is 1. The summed E-state index contributed by atoms with van der Waals surface area (Å²) in [4.78, 5) is 12.3. The van der Waals surface area contributed by atoms with Crippen molar-refractivity contribution in [3.63, 3.8) is 0 Å². The molecule has 1 aliphatic rings. The van der Waals surface area contributed by atoms with E-state index in [1.165, 1.54) is 33.8 Å². The molecule has 9 heteroatoms. The smallest absolute Gasteiger partial charge is 0.255 e. The van der Waals surface area contributed by atoms with E-state index in [4.69, 9.17) is 11.6 Å². The Morgan fingerprint density at radius 2 is 1.96 bits per heavy atom. The second-order valence-corrected chi connectivity index (χ2v) is 9.20. The van der Waals surface area contributed by atoms with E-state index in [1.54, 1.807) is 17.5 Å². The first-order valence-corrected chi connectivity index (χ1v) is 10.4. The topological polar surface area (TPSA) is 66.5 Å². The standard InChI is InChI=1S/C16H16ClFN2O3S2/c17-12-3-1-4-13(18)15(12)16(21)19-11-6-8-20(9-7-11)25(22,23)14-5-2-10-24-14/h1-5,10-11H,6-9H2,(H,19,21). The molecule has 0 saturated carbocycles. The fourth-order valence-corrected chi connectivity index (χ4v) is 5.61. The first-order chi connectivity index (χ1) is 11.9. The average Bonchev–Trinajstić information content (AvgIpc) is 3.10. The van der Waals surface area contributed by atoms with Crippen molar-refractivity contribution in [1.82, 2.24) is 9.62 Å². The maximum Gasteiger partial charge on any atom is 0.255 e. The van der Waals surface area contributed by atoms with Crippen LogP contribution in [0.15, 0.2) is 39.9 Å². The van der Waals surface area contributed by atoms with Gasteiger partial charge in [-0.15, -0.1) is 11.3 Å². The molecule has 0 atom stereocenters. The lowest BCUT2D eigenvalue weighted by Gasteiger charge is -2.31. The van der Waals surface area contributed by atoms with Crippen LogP contribution in [0.5, 0.6) is 0 Å². The van der Waals surface area contributed by atoms with Gasteiger partial charge in [0.1, 0.15) is 10.0 Å². The van der Waals surface area contributed by atoms with Crippen LogP contribution in [0.25, 0.3) is 0 Å². The highest BCUT2D eigenvalue weighted by molar-refractivity contribution is 7.91. The van der Waals surface area contributed by atoms with Gasteiger partial charge in [0.2, 0.25) is 0 Å². The zero-order valence-electron chi connectivity index (χ0n) is 13.1. The van der Waals surface area contributed by atoms with Gasteiger partial charge in [-0.25, -0.2) is 12.8 Å². The van der Waals surface area contributed by atoms with E-state index in [9.17, 15) is 17.6 Å². The highest BCUT2D eigenvalue weighted by Crippen LogP contribution is 2.25. The van der Waals surface area contributed by atoms with Gasteiger partial charge in [-0.3, -0.25) is 4.79 Å². The Bertz CT molecular complexity index is 843. The Hall–Kier alpha value is -1.48. The zero-order valence-corrected chi connectivity index (χ0v) is 15.5. The van der Waals surface area contributed by atoms with Gasteiger partial charge in [0.05, 0.1) is 10.6 Å². The fourth-order valence-electron chi connectivity index (χ4n) is 2.75. The predicted octanol–water partition coefficient (Wildman–Crippen LogP) is 3.12. The number of amides is 1. The molecule has 2 heterocycles. The number of hydrogen-bond donors (Lipinski definition) is 1. The Labute approximate surface area is 154 Å². The number of nitrogens with one attached hydrogen (secondary N) is 1. The van der Waals surface area contributed by atoms with Gasteiger partial charge < -0.3 is 5.32 Å². The first-order valence-electron chi connectivity index (χ1n) is 7.68. The van der Waals surface area contributed by atoms with Crippen molar-refractivity contribution in [1.29, 1.82) is 0 Å². The molecule has 1 aromatic carbocycles. The van der Waals surface area contributed by atoms with Gasteiger partial charge in [0, 0.05) is 19.1 Å². The third-order valence-electron chi connectivity index (χ3n) is 4.07. The largest absolute Gasteiger partial charge is 0.349 e. The van der Waals surface area contributed by atoms with Crippen molar-refractivity contribution in [2.75, 3.05) is 13.1 Å². The van der Waals surface area contributed by atoms with Crippen molar-refractivity contribution in [3.8, 4) is 0 Å². The number of sulfonamides is 1. The molecule has 1 amide bonds. The molecule has 134 valence electrons. The van der Waals surface area contributed by atoms with Crippen LogP contribution < -0.4 is 5.32 Å². The average molecular weight is 403 g/mol. The molecule has 1 N–H and O–H groups in total. The Morgan fingerprint density at radius 3 is 2.56 bits per heavy atom. The molecule has 0 aliphatic carbocycles. The van der Waals surface area contributed by atoms with Crippen LogP contribution >= 0.6 is 22.9 Å². The van der Waals surface area contributed by atoms with Crippen LogP contribution in [-0.4, -0.2) is 37.8 Å². The van der Waals surface area contributed by atoms with Crippen LogP contribution in [0.3, 0.4) is 0 Å². The van der Waals surface area contributed by atoms with Crippen LogP contribution in [-0.2, 0) is 10.0 Å². The van der Waals surface area contributed by atoms with Crippen LogP contribution in [0.1, 0.15) is 23.2 Å². The van der Waals surface area contributed by atoms with Crippen molar-refractivity contribution in [2.45, 2.75) is 23.1 Å². The summed E-state index contributed by atoms with van der Waals surface area (Å²) < 4.78 is 40.5. The molecule has 1 aliphatic heterocycles. The van der Waals surface area contributed by atoms with Gasteiger partial charge >= 0.3 is 0 Å². The minimum atomic E-state index is -3.48. The van der Waals surface area contributed by atoms with Crippen molar-refractivity contribution in [2.24, 2.45) is 0 Å². The number of rotatable bonds is 4. The first kappa shape index (κ1) is 18.3. The number of thiophene rings is 1. The molecule has 1 saturated heterocycles. The summed E-state index contributed by atoms with van der Waals surface area (Å²) in [7, 11) is -3.48. The Balaban J connectivity index is 1.63. The second-order valence-electron chi connectivity index (χ2n) is 5.68. The van der Waals surface area contributed by atoms with Crippen LogP contribution in [0, 0.1) is 5.82 Å². The Morgan fingerprint density at radius 1 is 1.24 bits per heavy atom.